The molecular weight excluding hydrogens is 444 g/mol. The van der Waals surface area contributed by atoms with E-state index in [1.54, 1.807) is 28.4 Å². The molecule has 2 radical (unpaired) electrons. The Kier molecular flexibility index (Phi) is 14.9. The van der Waals surface area contributed by atoms with Crippen molar-refractivity contribution in [3.8, 4) is 23.0 Å². The van der Waals surface area contributed by atoms with Crippen molar-refractivity contribution in [1.29, 1.82) is 0 Å². The van der Waals surface area contributed by atoms with Crippen molar-refractivity contribution in [3.05, 3.63) is 53.0 Å². The maximum atomic E-state index is 5.95. The lowest BCUT2D eigenvalue weighted by molar-refractivity contribution is -0.00994. The fraction of sp³-hybridized carbons (Fsp3) is 0.552. The van der Waals surface area contributed by atoms with E-state index in [0.29, 0.717) is 42.6 Å². The molecule has 0 aromatic heterocycles. The van der Waals surface area contributed by atoms with Gasteiger partial charge < -0.3 is 28.4 Å². The lowest BCUT2D eigenvalue weighted by Gasteiger charge is -2.22. The first-order chi connectivity index (χ1) is 16.8. The zero-order valence-corrected chi connectivity index (χ0v) is 22.9. The van der Waals surface area contributed by atoms with Gasteiger partial charge in [0.2, 0.25) is 11.5 Å². The van der Waals surface area contributed by atoms with Crippen LogP contribution in [0.1, 0.15) is 57.6 Å². The highest BCUT2D eigenvalue weighted by Crippen LogP contribution is 2.49. The molecule has 0 amide bonds. The van der Waals surface area contributed by atoms with E-state index < -0.39 is 0 Å². The molecule has 0 aliphatic heterocycles. The molecular formula is C29H44O6. The first-order valence-electron chi connectivity index (χ1n) is 12.0. The van der Waals surface area contributed by atoms with Gasteiger partial charge >= 0.3 is 0 Å². The third kappa shape index (κ3) is 10.4. The molecule has 1 aromatic carbocycles. The highest BCUT2D eigenvalue weighted by atomic mass is 16.7. The van der Waals surface area contributed by atoms with Crippen molar-refractivity contribution in [2.75, 3.05) is 48.4 Å². The van der Waals surface area contributed by atoms with E-state index >= 15 is 0 Å². The Hall–Kier alpha value is -2.44. The van der Waals surface area contributed by atoms with Gasteiger partial charge in [-0.2, -0.15) is 0 Å². The van der Waals surface area contributed by atoms with Gasteiger partial charge in [-0.1, -0.05) is 34.9 Å². The summed E-state index contributed by atoms with van der Waals surface area (Å²) in [5, 5.41) is 0. The van der Waals surface area contributed by atoms with Gasteiger partial charge in [-0.3, -0.25) is 0 Å². The molecule has 0 aliphatic carbocycles. The lowest BCUT2D eigenvalue weighted by atomic mass is 9.99. The van der Waals surface area contributed by atoms with Crippen LogP contribution in [0.25, 0.3) is 0 Å². The average molecular weight is 489 g/mol. The molecule has 0 spiro atoms. The van der Waals surface area contributed by atoms with E-state index in [4.69, 9.17) is 35.3 Å². The molecule has 1 aromatic rings. The van der Waals surface area contributed by atoms with E-state index in [0.717, 1.165) is 42.4 Å². The average Bonchev–Trinajstić information content (AvgIpc) is 2.82. The van der Waals surface area contributed by atoms with Gasteiger partial charge in [-0.05, 0) is 66.7 Å². The number of allylic oxidation sites excluding steroid dienone is 6. The minimum atomic E-state index is 0.0800. The molecule has 0 bridgehead atoms. The van der Waals surface area contributed by atoms with Gasteiger partial charge in [0.1, 0.15) is 0 Å². The normalized spacial score (nSPS) is 12.7. The molecule has 0 aliphatic rings. The van der Waals surface area contributed by atoms with E-state index in [1.807, 2.05) is 13.8 Å². The first-order valence-corrected chi connectivity index (χ1v) is 12.0. The van der Waals surface area contributed by atoms with E-state index in [9.17, 15) is 0 Å². The summed E-state index contributed by atoms with van der Waals surface area (Å²) in [5.41, 5.74) is 5.50. The third-order valence-electron chi connectivity index (χ3n) is 5.71. The van der Waals surface area contributed by atoms with Crippen LogP contribution in [0.15, 0.2) is 34.9 Å². The summed E-state index contributed by atoms with van der Waals surface area (Å²) in [6.45, 7) is 15.0. The molecule has 35 heavy (non-hydrogen) atoms. The fourth-order valence-electron chi connectivity index (χ4n) is 3.68. The molecule has 0 N–H and O–H groups in total. The minimum absolute atomic E-state index is 0.0800. The monoisotopic (exact) mass is 488 g/mol. The summed E-state index contributed by atoms with van der Waals surface area (Å²) in [5.74, 6) is 2.23. The van der Waals surface area contributed by atoms with Crippen LogP contribution in [0, 0.1) is 13.8 Å². The number of hydrogen-bond acceptors (Lipinski definition) is 6. The second kappa shape index (κ2) is 17.1. The molecule has 196 valence electrons. The summed E-state index contributed by atoms with van der Waals surface area (Å²) >= 11 is 0. The zero-order valence-electron chi connectivity index (χ0n) is 22.9. The Labute approximate surface area is 212 Å². The molecule has 0 unspecified atom stereocenters. The smallest absolute Gasteiger partial charge is 0.207 e. The summed E-state index contributed by atoms with van der Waals surface area (Å²) in [7, 11) is 6.45. The number of ether oxygens (including phenoxy) is 6. The van der Waals surface area contributed by atoms with Gasteiger partial charge in [0, 0.05) is 18.2 Å². The second-order valence-corrected chi connectivity index (χ2v) is 8.53. The van der Waals surface area contributed by atoms with Crippen LogP contribution in [0.5, 0.6) is 23.0 Å². The van der Waals surface area contributed by atoms with Crippen molar-refractivity contribution in [3.63, 3.8) is 0 Å². The lowest BCUT2D eigenvalue weighted by Crippen LogP contribution is -2.11. The SMILES string of the molecule is [CH]/C(C)=C/CC/C(C)=C/CC/C(C)=C/Cc1c(C)c(OCOCCOC)c(OC)c(OC)c1OC. The molecule has 6 heteroatoms. The van der Waals surface area contributed by atoms with Gasteiger partial charge in [0.15, 0.2) is 18.3 Å². The van der Waals surface area contributed by atoms with Gasteiger partial charge in [0.25, 0.3) is 0 Å². The fourth-order valence-corrected chi connectivity index (χ4v) is 3.68. The minimum Gasteiger partial charge on any atom is -0.492 e. The quantitative estimate of drug-likeness (QED) is 0.139. The Balaban J connectivity index is 3.02. The topological polar surface area (TPSA) is 55.4 Å². The molecule has 1 rings (SSSR count). The highest BCUT2D eigenvalue weighted by Gasteiger charge is 2.25. The van der Waals surface area contributed by atoms with Crippen LogP contribution in [0.2, 0.25) is 0 Å². The van der Waals surface area contributed by atoms with Crippen molar-refractivity contribution >= 4 is 0 Å². The zero-order chi connectivity index (χ0) is 26.2. The number of benzene rings is 1. The predicted molar refractivity (Wildman–Crippen MR) is 142 cm³/mol. The van der Waals surface area contributed by atoms with Crippen molar-refractivity contribution in [1.82, 2.24) is 0 Å². The standard InChI is InChI=1S/C29H44O6/c1-21(2)12-10-13-22(3)14-11-15-23(4)16-17-25-24(5)26(35-20-34-19-18-30-6)28(32-8)29(33-9)27(25)31-7/h1,12,14,16H,10-11,13,15,17-20H2,2-9H3/b21-12-,22-14+,23-16+. The molecule has 0 fully saturated rings. The predicted octanol–water partition coefficient (Wildman–Crippen LogP) is 6.67. The first kappa shape index (κ1) is 30.6. The summed E-state index contributed by atoms with van der Waals surface area (Å²) in [4.78, 5) is 0. The summed E-state index contributed by atoms with van der Waals surface area (Å²) < 4.78 is 33.5. The van der Waals surface area contributed by atoms with Gasteiger partial charge in [-0.25, -0.2) is 0 Å². The highest BCUT2D eigenvalue weighted by molar-refractivity contribution is 5.67. The van der Waals surface area contributed by atoms with Gasteiger partial charge in [0.05, 0.1) is 34.5 Å². The Morgan fingerprint density at radius 2 is 1.31 bits per heavy atom. The van der Waals surface area contributed by atoms with Crippen LogP contribution >= 0.6 is 0 Å². The number of rotatable bonds is 17. The molecule has 0 atom stereocenters. The second-order valence-electron chi connectivity index (χ2n) is 8.53. The molecule has 0 heterocycles. The van der Waals surface area contributed by atoms with Crippen LogP contribution in [0.4, 0.5) is 0 Å². The maximum Gasteiger partial charge on any atom is 0.207 e. The molecule has 0 saturated heterocycles. The Morgan fingerprint density at radius 3 is 1.89 bits per heavy atom. The maximum absolute atomic E-state index is 5.95. The van der Waals surface area contributed by atoms with Crippen LogP contribution in [-0.4, -0.2) is 48.4 Å². The molecule has 6 nitrogen and oxygen atoms in total. The molecule has 0 saturated carbocycles. The van der Waals surface area contributed by atoms with Crippen molar-refractivity contribution in [2.45, 2.75) is 59.8 Å². The Bertz CT molecular complexity index is 863. The third-order valence-corrected chi connectivity index (χ3v) is 5.71. The number of methoxy groups -OCH3 is 4. The van der Waals surface area contributed by atoms with E-state index in [-0.39, 0.29) is 6.79 Å². The number of hydrogen-bond donors (Lipinski definition) is 0. The van der Waals surface area contributed by atoms with Gasteiger partial charge in [-0.15, -0.1) is 0 Å². The van der Waals surface area contributed by atoms with Crippen molar-refractivity contribution < 1.29 is 28.4 Å². The van der Waals surface area contributed by atoms with Crippen LogP contribution in [0.3, 0.4) is 0 Å². The van der Waals surface area contributed by atoms with Crippen molar-refractivity contribution in [2.24, 2.45) is 0 Å². The largest absolute Gasteiger partial charge is 0.492 e. The van der Waals surface area contributed by atoms with E-state index in [2.05, 4.69) is 32.1 Å². The Morgan fingerprint density at radius 1 is 0.743 bits per heavy atom. The summed E-state index contributed by atoms with van der Waals surface area (Å²) in [6.07, 6.45) is 11.3. The summed E-state index contributed by atoms with van der Waals surface area (Å²) in [6, 6.07) is 0. The van der Waals surface area contributed by atoms with E-state index in [1.165, 1.54) is 11.1 Å². The van der Waals surface area contributed by atoms with Crippen LogP contribution in [-0.2, 0) is 15.9 Å². The van der Waals surface area contributed by atoms with Crippen LogP contribution < -0.4 is 18.9 Å².